The van der Waals surface area contributed by atoms with Gasteiger partial charge in [-0.25, -0.2) is 0 Å². The number of hydrogen-bond donors (Lipinski definition) is 0. The third kappa shape index (κ3) is 1.07. The normalized spacial score (nSPS) is 11.1. The number of nitrogens with zero attached hydrogens (tertiary/aromatic N) is 3. The van der Waals surface area contributed by atoms with Gasteiger partial charge in [0.1, 0.15) is 5.52 Å². The maximum Gasteiger partial charge on any atom is 0.277 e. The molecule has 0 aliphatic rings. The minimum atomic E-state index is -0.0869. The first kappa shape index (κ1) is 9.03. The molecule has 16 heavy (non-hydrogen) atoms. The second-order valence-corrected chi connectivity index (χ2v) is 3.63. The van der Waals surface area contributed by atoms with Crippen molar-refractivity contribution in [2.75, 3.05) is 0 Å². The number of pyridine rings is 3. The first-order valence-corrected chi connectivity index (χ1v) is 4.97. The molecule has 0 amide bonds. The molecule has 78 valence electrons. The lowest BCUT2D eigenvalue weighted by atomic mass is 10.2. The van der Waals surface area contributed by atoms with Gasteiger partial charge < -0.3 is 4.57 Å². The van der Waals surface area contributed by atoms with Crippen molar-refractivity contribution in [3.63, 3.8) is 0 Å². The van der Waals surface area contributed by atoms with Gasteiger partial charge in [-0.15, -0.1) is 0 Å². The lowest BCUT2D eigenvalue weighted by Gasteiger charge is -2.06. The molecule has 0 aliphatic heterocycles. The van der Waals surface area contributed by atoms with Crippen molar-refractivity contribution in [3.8, 4) is 0 Å². The number of rotatable bonds is 0. The molecule has 3 aromatic rings. The highest BCUT2D eigenvalue weighted by molar-refractivity contribution is 6.01. The van der Waals surface area contributed by atoms with Crippen LogP contribution in [0.25, 0.3) is 21.9 Å². The standard InChI is InChI=1S/C12H9N3O/c1-15-9-5-3-7-13-10(9)8-4-2-6-14-11(8)12(15)16/h2-7H,1H3. The van der Waals surface area contributed by atoms with Crippen LogP contribution in [0.3, 0.4) is 0 Å². The first-order valence-electron chi connectivity index (χ1n) is 4.97. The number of hydrogen-bond acceptors (Lipinski definition) is 3. The quantitative estimate of drug-likeness (QED) is 0.529. The zero-order valence-electron chi connectivity index (χ0n) is 8.71. The van der Waals surface area contributed by atoms with Gasteiger partial charge in [-0.1, -0.05) is 0 Å². The van der Waals surface area contributed by atoms with Crippen molar-refractivity contribution in [2.45, 2.75) is 0 Å². The highest BCUT2D eigenvalue weighted by Gasteiger charge is 2.08. The second kappa shape index (κ2) is 3.13. The maximum atomic E-state index is 12.0. The zero-order chi connectivity index (χ0) is 11.1. The fourth-order valence-corrected chi connectivity index (χ4v) is 1.91. The summed E-state index contributed by atoms with van der Waals surface area (Å²) in [5.41, 5.74) is 2.02. The molecule has 4 heteroatoms. The predicted octanol–water partition coefficient (Wildman–Crippen LogP) is 1.48. The Labute approximate surface area is 91.2 Å². The van der Waals surface area contributed by atoms with E-state index in [0.29, 0.717) is 5.52 Å². The molecule has 0 fully saturated rings. The molecule has 4 nitrogen and oxygen atoms in total. The summed E-state index contributed by atoms with van der Waals surface area (Å²) >= 11 is 0. The maximum absolute atomic E-state index is 12.0. The van der Waals surface area contributed by atoms with Crippen LogP contribution in [0.5, 0.6) is 0 Å². The van der Waals surface area contributed by atoms with Crippen LogP contribution in [-0.2, 0) is 7.05 Å². The average molecular weight is 211 g/mol. The molecule has 0 atom stereocenters. The summed E-state index contributed by atoms with van der Waals surface area (Å²) in [5, 5.41) is 0.807. The second-order valence-electron chi connectivity index (χ2n) is 3.63. The van der Waals surface area contributed by atoms with Crippen molar-refractivity contribution in [1.82, 2.24) is 14.5 Å². The lowest BCUT2D eigenvalue weighted by molar-refractivity contribution is 0.911. The Hall–Kier alpha value is -2.23. The number of aryl methyl sites for hydroxylation is 1. The third-order valence-corrected chi connectivity index (χ3v) is 2.72. The molecular weight excluding hydrogens is 202 g/mol. The monoisotopic (exact) mass is 211 g/mol. The molecule has 0 unspecified atom stereocenters. The summed E-state index contributed by atoms with van der Waals surface area (Å²) in [5.74, 6) is 0. The summed E-state index contributed by atoms with van der Waals surface area (Å²) in [6.45, 7) is 0. The van der Waals surface area contributed by atoms with Crippen molar-refractivity contribution in [1.29, 1.82) is 0 Å². The van der Waals surface area contributed by atoms with Crippen LogP contribution in [0.2, 0.25) is 0 Å². The van der Waals surface area contributed by atoms with Crippen LogP contribution >= 0.6 is 0 Å². The summed E-state index contributed by atoms with van der Waals surface area (Å²) < 4.78 is 1.58. The van der Waals surface area contributed by atoms with Gasteiger partial charge >= 0.3 is 0 Å². The summed E-state index contributed by atoms with van der Waals surface area (Å²) in [6, 6.07) is 7.40. The minimum absolute atomic E-state index is 0.0869. The third-order valence-electron chi connectivity index (χ3n) is 2.72. The van der Waals surface area contributed by atoms with Gasteiger partial charge in [0.2, 0.25) is 0 Å². The smallest absolute Gasteiger partial charge is 0.277 e. The molecular formula is C12H9N3O. The van der Waals surface area contributed by atoms with E-state index in [9.17, 15) is 4.79 Å². The Morgan fingerprint density at radius 3 is 2.56 bits per heavy atom. The van der Waals surface area contributed by atoms with E-state index >= 15 is 0 Å². The summed E-state index contributed by atoms with van der Waals surface area (Å²) in [4.78, 5) is 20.4. The molecule has 0 aromatic carbocycles. The molecule has 0 radical (unpaired) electrons. The fraction of sp³-hybridized carbons (Fsp3) is 0.0833. The van der Waals surface area contributed by atoms with E-state index < -0.39 is 0 Å². The topological polar surface area (TPSA) is 47.8 Å². The molecule has 0 spiro atoms. The molecule has 0 N–H and O–H groups in total. The van der Waals surface area contributed by atoms with Gasteiger partial charge in [0, 0.05) is 24.8 Å². The Balaban J connectivity index is 2.74. The highest BCUT2D eigenvalue weighted by Crippen LogP contribution is 2.17. The van der Waals surface area contributed by atoms with E-state index in [2.05, 4.69) is 9.97 Å². The summed E-state index contributed by atoms with van der Waals surface area (Å²) in [7, 11) is 1.74. The van der Waals surface area contributed by atoms with E-state index in [0.717, 1.165) is 16.4 Å². The SMILES string of the molecule is Cn1c(=O)c2ncccc2c2ncccc21. The van der Waals surface area contributed by atoms with Crippen LogP contribution in [0, 0.1) is 0 Å². The Kier molecular flexibility index (Phi) is 1.77. The highest BCUT2D eigenvalue weighted by atomic mass is 16.1. The lowest BCUT2D eigenvalue weighted by Crippen LogP contribution is -2.18. The summed E-state index contributed by atoms with van der Waals surface area (Å²) in [6.07, 6.45) is 3.34. The van der Waals surface area contributed by atoms with Gasteiger partial charge in [-0.2, -0.15) is 0 Å². The van der Waals surface area contributed by atoms with Crippen LogP contribution < -0.4 is 5.56 Å². The van der Waals surface area contributed by atoms with Crippen molar-refractivity contribution in [2.24, 2.45) is 7.05 Å². The van der Waals surface area contributed by atoms with E-state index in [1.54, 1.807) is 24.0 Å². The molecule has 3 rings (SSSR count). The van der Waals surface area contributed by atoms with Crippen molar-refractivity contribution < 1.29 is 0 Å². The van der Waals surface area contributed by atoms with Gasteiger partial charge in [-0.3, -0.25) is 14.8 Å². The van der Waals surface area contributed by atoms with Crippen LogP contribution in [0.1, 0.15) is 0 Å². The van der Waals surface area contributed by atoms with Gasteiger partial charge in [0.25, 0.3) is 5.56 Å². The van der Waals surface area contributed by atoms with Gasteiger partial charge in [-0.05, 0) is 24.3 Å². The average Bonchev–Trinajstić information content (AvgIpc) is 2.36. The van der Waals surface area contributed by atoms with E-state index in [1.807, 2.05) is 24.3 Å². The zero-order valence-corrected chi connectivity index (χ0v) is 8.71. The largest absolute Gasteiger partial charge is 0.308 e. The predicted molar refractivity (Wildman–Crippen MR) is 62.3 cm³/mol. The molecule has 0 saturated heterocycles. The van der Waals surface area contributed by atoms with Gasteiger partial charge in [0.15, 0.2) is 0 Å². The molecule has 0 bridgehead atoms. The van der Waals surface area contributed by atoms with Crippen LogP contribution in [0.15, 0.2) is 41.5 Å². The van der Waals surface area contributed by atoms with Gasteiger partial charge in [0.05, 0.1) is 11.0 Å². The Morgan fingerprint density at radius 1 is 1.06 bits per heavy atom. The molecule has 3 heterocycles. The van der Waals surface area contributed by atoms with E-state index in [4.69, 9.17) is 0 Å². The van der Waals surface area contributed by atoms with Crippen LogP contribution in [0.4, 0.5) is 0 Å². The van der Waals surface area contributed by atoms with Crippen molar-refractivity contribution in [3.05, 3.63) is 47.0 Å². The molecule has 0 aliphatic carbocycles. The van der Waals surface area contributed by atoms with E-state index in [1.165, 1.54) is 0 Å². The Morgan fingerprint density at radius 2 is 1.75 bits per heavy atom. The van der Waals surface area contributed by atoms with E-state index in [-0.39, 0.29) is 5.56 Å². The first-order chi connectivity index (χ1) is 7.79. The fourth-order valence-electron chi connectivity index (χ4n) is 1.91. The number of fused-ring (bicyclic) bond motifs is 3. The minimum Gasteiger partial charge on any atom is -0.308 e. The van der Waals surface area contributed by atoms with Crippen LogP contribution in [-0.4, -0.2) is 14.5 Å². The van der Waals surface area contributed by atoms with Crippen molar-refractivity contribution >= 4 is 21.9 Å². The number of aromatic nitrogens is 3. The molecule has 0 saturated carbocycles. The Bertz CT molecular complexity index is 746. The molecule has 3 aromatic heterocycles.